The molecule has 0 fully saturated rings. The van der Waals surface area contributed by atoms with Gasteiger partial charge in [-0.05, 0) is 0 Å². The SMILES string of the molecule is CC1=[C-]CC=C1.[C-]1=CC=CC1.[CH3-].[CH3-].[Si]=[Zr]. The zero-order valence-electron chi connectivity index (χ0n) is 9.80. The molecule has 2 aliphatic rings. The maximum absolute atomic E-state index is 3.12. The summed E-state index contributed by atoms with van der Waals surface area (Å²) >= 11 is 1.36. The monoisotopic (exact) mass is 292 g/mol. The number of rotatable bonds is 0. The van der Waals surface area contributed by atoms with Gasteiger partial charge >= 0.3 is 30.2 Å². The summed E-state index contributed by atoms with van der Waals surface area (Å²) in [6.07, 6.45) is 18.3. The van der Waals surface area contributed by atoms with Crippen LogP contribution in [0.2, 0.25) is 0 Å². The predicted octanol–water partition coefficient (Wildman–Crippen LogP) is 3.52. The Balaban J connectivity index is -0.000000149. The Kier molecular flexibility index (Phi) is 22.5. The second-order valence-corrected chi connectivity index (χ2v) is 2.47. The molecule has 0 spiro atoms. The van der Waals surface area contributed by atoms with Crippen molar-refractivity contribution >= 4 is 6.88 Å². The van der Waals surface area contributed by atoms with Crippen molar-refractivity contribution < 1.29 is 23.3 Å². The molecule has 0 saturated heterocycles. The zero-order valence-corrected chi connectivity index (χ0v) is 13.3. The van der Waals surface area contributed by atoms with Crippen molar-refractivity contribution in [3.8, 4) is 0 Å². The van der Waals surface area contributed by atoms with E-state index in [9.17, 15) is 0 Å². The molecule has 0 unspecified atom stereocenters. The molecule has 2 heteroatoms. The van der Waals surface area contributed by atoms with Crippen LogP contribution < -0.4 is 0 Å². The first-order valence-electron chi connectivity index (χ1n) is 4.10. The molecule has 2 radical (unpaired) electrons. The Morgan fingerprint density at radius 2 is 1.87 bits per heavy atom. The van der Waals surface area contributed by atoms with Crippen molar-refractivity contribution in [2.75, 3.05) is 0 Å². The fourth-order valence-corrected chi connectivity index (χ4v) is 0.855. The van der Waals surface area contributed by atoms with E-state index in [1.54, 1.807) is 0 Å². The second kappa shape index (κ2) is 16.5. The molecule has 0 aromatic heterocycles. The van der Waals surface area contributed by atoms with Crippen LogP contribution >= 0.6 is 0 Å². The first-order chi connectivity index (χ1) is 6.39. The molecule has 0 amide bonds. The number of allylic oxidation sites excluding steroid dienone is 8. The molecule has 15 heavy (non-hydrogen) atoms. The third-order valence-electron chi connectivity index (χ3n) is 1.45. The fraction of sp³-hybridized carbons (Fsp3) is 0.231. The van der Waals surface area contributed by atoms with E-state index in [0.717, 1.165) is 12.8 Å². The van der Waals surface area contributed by atoms with Gasteiger partial charge in [0.25, 0.3) is 0 Å². The Labute approximate surface area is 112 Å². The van der Waals surface area contributed by atoms with E-state index in [2.05, 4.69) is 44.2 Å². The van der Waals surface area contributed by atoms with E-state index in [-0.39, 0.29) is 14.9 Å². The van der Waals surface area contributed by atoms with Crippen LogP contribution in [0.1, 0.15) is 19.8 Å². The van der Waals surface area contributed by atoms with Gasteiger partial charge in [0.2, 0.25) is 0 Å². The summed E-state index contributed by atoms with van der Waals surface area (Å²) in [6.45, 7) is 5.12. The summed E-state index contributed by atoms with van der Waals surface area (Å²) in [5.41, 5.74) is 1.27. The molecule has 0 aliphatic heterocycles. The summed E-state index contributed by atoms with van der Waals surface area (Å²) < 4.78 is 0. The number of hydrogen-bond donors (Lipinski definition) is 0. The van der Waals surface area contributed by atoms with Gasteiger partial charge in [-0.2, -0.15) is 12.2 Å². The Morgan fingerprint density at radius 3 is 2.00 bits per heavy atom. The molecule has 2 aliphatic carbocycles. The van der Waals surface area contributed by atoms with E-state index >= 15 is 0 Å². The summed E-state index contributed by atoms with van der Waals surface area (Å²) in [6, 6.07) is 0. The molecule has 0 saturated carbocycles. The van der Waals surface area contributed by atoms with Crippen molar-refractivity contribution in [1.29, 1.82) is 0 Å². The van der Waals surface area contributed by atoms with Crippen molar-refractivity contribution in [3.63, 3.8) is 0 Å². The minimum atomic E-state index is 0. The van der Waals surface area contributed by atoms with Crippen molar-refractivity contribution in [2.24, 2.45) is 0 Å². The molecule has 0 atom stereocenters. The molecule has 0 nitrogen and oxygen atoms in total. The standard InChI is InChI=1S/C6H7.C5H5.2CH3.Si.Zr/c1-6-4-2-3-5-6;1-2-4-5-3-1;;;;/h2,4H,3H2,1H3;1-3H,4H2;2*1H3;;/q4*-1;;. The van der Waals surface area contributed by atoms with Crippen LogP contribution in [0.3, 0.4) is 0 Å². The molecular weight excluding hydrogens is 275 g/mol. The fourth-order valence-electron chi connectivity index (χ4n) is 0.855. The van der Waals surface area contributed by atoms with Crippen LogP contribution in [0, 0.1) is 27.0 Å². The summed E-state index contributed by atoms with van der Waals surface area (Å²) in [5, 5.41) is 0. The van der Waals surface area contributed by atoms with E-state index in [1.807, 2.05) is 12.2 Å². The van der Waals surface area contributed by atoms with Crippen LogP contribution in [0.4, 0.5) is 0 Å². The van der Waals surface area contributed by atoms with Crippen LogP contribution in [0.5, 0.6) is 0 Å². The average Bonchev–Trinajstić information content (AvgIpc) is 2.81. The van der Waals surface area contributed by atoms with Crippen molar-refractivity contribution in [2.45, 2.75) is 19.8 Å². The van der Waals surface area contributed by atoms with Crippen LogP contribution in [-0.2, 0) is 23.3 Å². The third kappa shape index (κ3) is 14.1. The molecule has 0 aromatic rings. The Hall–Kier alpha value is 0.0600. The van der Waals surface area contributed by atoms with Gasteiger partial charge in [0, 0.05) is 0 Å². The van der Waals surface area contributed by atoms with Gasteiger partial charge in [0.1, 0.15) is 0 Å². The second-order valence-electron chi connectivity index (χ2n) is 2.47. The summed E-state index contributed by atoms with van der Waals surface area (Å²) in [5.74, 6) is 0. The first-order valence-corrected chi connectivity index (χ1v) is 8.29. The Morgan fingerprint density at radius 1 is 1.20 bits per heavy atom. The predicted molar refractivity (Wildman–Crippen MR) is 66.3 cm³/mol. The van der Waals surface area contributed by atoms with Gasteiger partial charge in [-0.15, -0.1) is 12.8 Å². The average molecular weight is 294 g/mol. The van der Waals surface area contributed by atoms with E-state index in [4.69, 9.17) is 0 Å². The normalized spacial score (nSPS) is 13.5. The molecule has 82 valence electrons. The molecule has 2 rings (SSSR count). The molecule has 0 heterocycles. The van der Waals surface area contributed by atoms with Crippen LogP contribution in [-0.4, -0.2) is 6.88 Å². The quantitative estimate of drug-likeness (QED) is 0.473. The van der Waals surface area contributed by atoms with E-state index in [1.165, 1.54) is 28.9 Å². The summed E-state index contributed by atoms with van der Waals surface area (Å²) in [7, 11) is 0. The van der Waals surface area contributed by atoms with Crippen LogP contribution in [0.25, 0.3) is 0 Å². The van der Waals surface area contributed by atoms with E-state index in [0.29, 0.717) is 0 Å². The van der Waals surface area contributed by atoms with Gasteiger partial charge in [-0.3, -0.25) is 12.2 Å². The van der Waals surface area contributed by atoms with Gasteiger partial charge in [0.05, 0.1) is 0 Å². The van der Waals surface area contributed by atoms with Crippen molar-refractivity contribution in [3.05, 3.63) is 63.0 Å². The minimum absolute atomic E-state index is 0. The third-order valence-corrected chi connectivity index (χ3v) is 1.45. The first kappa shape index (κ1) is 20.5. The molecule has 0 bridgehead atoms. The molecule has 0 N–H and O–H groups in total. The van der Waals surface area contributed by atoms with Crippen molar-refractivity contribution in [1.82, 2.24) is 0 Å². The maximum atomic E-state index is 3.12. The zero-order chi connectivity index (χ0) is 9.94. The van der Waals surface area contributed by atoms with Gasteiger partial charge < -0.3 is 14.9 Å². The van der Waals surface area contributed by atoms with Gasteiger partial charge in [0.15, 0.2) is 0 Å². The van der Waals surface area contributed by atoms with Gasteiger partial charge in [-0.25, -0.2) is 23.8 Å². The van der Waals surface area contributed by atoms with E-state index < -0.39 is 0 Å². The number of hydrogen-bond acceptors (Lipinski definition) is 0. The van der Waals surface area contributed by atoms with Gasteiger partial charge in [-0.1, -0.05) is 6.92 Å². The van der Waals surface area contributed by atoms with Crippen LogP contribution in [0.15, 0.2) is 36.0 Å². The summed E-state index contributed by atoms with van der Waals surface area (Å²) in [4.78, 5) is 0. The Bertz CT molecular complexity index is 224. The molecule has 0 aromatic carbocycles. The molecular formula is C13H18SiZr-4. The topological polar surface area (TPSA) is 0 Å².